The molecule has 0 aliphatic rings. The Kier molecular flexibility index (Phi) is 6.08. The molecule has 0 amide bonds. The van der Waals surface area contributed by atoms with E-state index in [1.165, 1.54) is 0 Å². The third-order valence-electron chi connectivity index (χ3n) is 1.49. The van der Waals surface area contributed by atoms with Crippen LogP contribution in [-0.2, 0) is 14.3 Å². The second kappa shape index (κ2) is 6.80. The Bertz CT molecular complexity index is 261. The van der Waals surface area contributed by atoms with Crippen LogP contribution in [0, 0.1) is 5.92 Å². The highest BCUT2D eigenvalue weighted by atomic mass is 16.5. The fourth-order valence-electron chi connectivity index (χ4n) is 0.825. The Labute approximate surface area is 88.3 Å². The Hall–Kier alpha value is -1.59. The molecule has 0 saturated carbocycles. The Morgan fingerprint density at radius 2 is 2.07 bits per heavy atom. The monoisotopic (exact) mass is 216 g/mol. The quantitative estimate of drug-likeness (QED) is 0.377. The van der Waals surface area contributed by atoms with E-state index in [0.29, 0.717) is 6.61 Å². The van der Waals surface area contributed by atoms with E-state index in [4.69, 9.17) is 5.11 Å². The molecule has 0 aromatic heterocycles. The number of hydrogen-bond acceptors (Lipinski definition) is 5. The van der Waals surface area contributed by atoms with E-state index in [0.717, 1.165) is 0 Å². The van der Waals surface area contributed by atoms with Crippen LogP contribution in [0.3, 0.4) is 0 Å². The molecular formula is C9H16N2O4. The minimum atomic E-state index is -1.10. The van der Waals surface area contributed by atoms with Crippen molar-refractivity contribution in [2.45, 2.75) is 20.8 Å². The predicted octanol–water partition coefficient (Wildman–Crippen LogP) is 0.236. The molecule has 6 nitrogen and oxygen atoms in total. The van der Waals surface area contributed by atoms with Gasteiger partial charge in [-0.2, -0.15) is 5.10 Å². The number of nitrogens with one attached hydrogen (secondary N) is 1. The average molecular weight is 216 g/mol. The highest BCUT2D eigenvalue weighted by Crippen LogP contribution is 1.96. The Balaban J connectivity index is 4.12. The summed E-state index contributed by atoms with van der Waals surface area (Å²) in [5.74, 6) is -1.77. The molecule has 6 heteroatoms. The first kappa shape index (κ1) is 13.4. The standard InChI is InChI=1S/C9H16N2O4/c1-4-15-7(12)5-10-11-8(6(2)3)9(13)14/h6,10H,4-5H2,1-3H3,(H,13,14). The molecule has 0 aliphatic carbocycles. The van der Waals surface area contributed by atoms with Crippen LogP contribution in [0.1, 0.15) is 20.8 Å². The van der Waals surface area contributed by atoms with Gasteiger partial charge in [-0.1, -0.05) is 13.8 Å². The number of hydrogen-bond donors (Lipinski definition) is 2. The largest absolute Gasteiger partial charge is 0.477 e. The molecule has 0 bridgehead atoms. The smallest absolute Gasteiger partial charge is 0.352 e. The number of aliphatic carboxylic acids is 1. The van der Waals surface area contributed by atoms with Crippen LogP contribution in [0.2, 0.25) is 0 Å². The third-order valence-corrected chi connectivity index (χ3v) is 1.49. The van der Waals surface area contributed by atoms with Crippen LogP contribution in [0.4, 0.5) is 0 Å². The molecule has 0 rings (SSSR count). The molecule has 15 heavy (non-hydrogen) atoms. The second-order valence-corrected chi connectivity index (χ2v) is 3.10. The molecule has 0 aliphatic heterocycles. The van der Waals surface area contributed by atoms with E-state index in [2.05, 4.69) is 15.3 Å². The lowest BCUT2D eigenvalue weighted by Gasteiger charge is -2.05. The van der Waals surface area contributed by atoms with Gasteiger partial charge in [0.25, 0.3) is 0 Å². The normalized spacial score (nSPS) is 11.3. The first-order chi connectivity index (χ1) is 6.99. The van der Waals surface area contributed by atoms with Crippen LogP contribution in [0.15, 0.2) is 5.10 Å². The molecule has 0 aromatic carbocycles. The van der Waals surface area contributed by atoms with E-state index >= 15 is 0 Å². The summed E-state index contributed by atoms with van der Waals surface area (Å²) in [7, 11) is 0. The van der Waals surface area contributed by atoms with Crippen LogP contribution in [0.5, 0.6) is 0 Å². The van der Waals surface area contributed by atoms with E-state index in [1.54, 1.807) is 20.8 Å². The van der Waals surface area contributed by atoms with Crippen molar-refractivity contribution in [3.8, 4) is 0 Å². The number of hydrazone groups is 1. The number of esters is 1. The van der Waals surface area contributed by atoms with E-state index in [-0.39, 0.29) is 18.2 Å². The summed E-state index contributed by atoms with van der Waals surface area (Å²) in [5, 5.41) is 12.3. The van der Waals surface area contributed by atoms with Crippen LogP contribution in [0.25, 0.3) is 0 Å². The lowest BCUT2D eigenvalue weighted by molar-refractivity contribution is -0.142. The molecule has 0 spiro atoms. The van der Waals surface area contributed by atoms with Crippen molar-refractivity contribution >= 4 is 17.7 Å². The summed E-state index contributed by atoms with van der Waals surface area (Å²) in [5.41, 5.74) is 2.35. The van der Waals surface area contributed by atoms with Gasteiger partial charge >= 0.3 is 11.9 Å². The zero-order valence-electron chi connectivity index (χ0n) is 9.11. The number of carboxylic acids is 1. The van der Waals surface area contributed by atoms with Crippen molar-refractivity contribution in [3.63, 3.8) is 0 Å². The van der Waals surface area contributed by atoms with Gasteiger partial charge in [0.15, 0.2) is 0 Å². The van der Waals surface area contributed by atoms with Gasteiger partial charge in [0, 0.05) is 5.92 Å². The fourth-order valence-corrected chi connectivity index (χ4v) is 0.825. The molecular weight excluding hydrogens is 200 g/mol. The topological polar surface area (TPSA) is 88.0 Å². The summed E-state index contributed by atoms with van der Waals surface area (Å²) >= 11 is 0. The van der Waals surface area contributed by atoms with Gasteiger partial charge in [-0.15, -0.1) is 0 Å². The first-order valence-corrected chi connectivity index (χ1v) is 4.68. The molecule has 0 aromatic rings. The van der Waals surface area contributed by atoms with Crippen LogP contribution >= 0.6 is 0 Å². The van der Waals surface area contributed by atoms with Crippen molar-refractivity contribution in [3.05, 3.63) is 0 Å². The van der Waals surface area contributed by atoms with Gasteiger partial charge in [-0.3, -0.25) is 10.2 Å². The number of nitrogens with zero attached hydrogens (tertiary/aromatic N) is 1. The Morgan fingerprint density at radius 3 is 2.47 bits per heavy atom. The van der Waals surface area contributed by atoms with E-state index in [1.807, 2.05) is 0 Å². The van der Waals surface area contributed by atoms with Crippen molar-refractivity contribution < 1.29 is 19.4 Å². The van der Waals surface area contributed by atoms with Crippen molar-refractivity contribution in [1.82, 2.24) is 5.43 Å². The maximum absolute atomic E-state index is 10.9. The molecule has 0 atom stereocenters. The van der Waals surface area contributed by atoms with E-state index < -0.39 is 11.9 Å². The zero-order chi connectivity index (χ0) is 11.8. The molecule has 0 saturated heterocycles. The SMILES string of the molecule is CCOC(=O)CNN=C(C(=O)O)C(C)C. The first-order valence-electron chi connectivity index (χ1n) is 4.68. The average Bonchev–Trinajstić information content (AvgIpc) is 2.11. The summed E-state index contributed by atoms with van der Waals surface area (Å²) in [6, 6.07) is 0. The summed E-state index contributed by atoms with van der Waals surface area (Å²) in [6.07, 6.45) is 0. The number of carbonyl (C=O) groups is 2. The van der Waals surface area contributed by atoms with Gasteiger partial charge in [-0.25, -0.2) is 4.79 Å². The maximum atomic E-state index is 10.9. The fraction of sp³-hybridized carbons (Fsp3) is 0.667. The maximum Gasteiger partial charge on any atom is 0.352 e. The molecule has 0 fully saturated rings. The van der Waals surface area contributed by atoms with Crippen LogP contribution < -0.4 is 5.43 Å². The van der Waals surface area contributed by atoms with Crippen molar-refractivity contribution in [2.75, 3.05) is 13.2 Å². The summed E-state index contributed by atoms with van der Waals surface area (Å²) in [4.78, 5) is 21.5. The number of rotatable bonds is 6. The minimum Gasteiger partial charge on any atom is -0.477 e. The van der Waals surface area contributed by atoms with E-state index in [9.17, 15) is 9.59 Å². The lowest BCUT2D eigenvalue weighted by Crippen LogP contribution is -2.26. The molecule has 0 radical (unpaired) electrons. The summed E-state index contributed by atoms with van der Waals surface area (Å²) in [6.45, 7) is 5.27. The zero-order valence-corrected chi connectivity index (χ0v) is 9.11. The highest BCUT2D eigenvalue weighted by Gasteiger charge is 2.13. The van der Waals surface area contributed by atoms with Gasteiger partial charge < -0.3 is 9.84 Å². The molecule has 0 heterocycles. The number of ether oxygens (including phenoxy) is 1. The number of carbonyl (C=O) groups excluding carboxylic acids is 1. The van der Waals surface area contributed by atoms with Gasteiger partial charge in [0.1, 0.15) is 12.3 Å². The Morgan fingerprint density at radius 1 is 1.47 bits per heavy atom. The van der Waals surface area contributed by atoms with Crippen molar-refractivity contribution in [2.24, 2.45) is 11.0 Å². The van der Waals surface area contributed by atoms with Crippen LogP contribution in [-0.4, -0.2) is 35.9 Å². The van der Waals surface area contributed by atoms with Gasteiger partial charge in [0.05, 0.1) is 6.61 Å². The predicted molar refractivity (Wildman–Crippen MR) is 54.5 cm³/mol. The lowest BCUT2D eigenvalue weighted by atomic mass is 10.1. The van der Waals surface area contributed by atoms with Gasteiger partial charge in [0.2, 0.25) is 0 Å². The highest BCUT2D eigenvalue weighted by molar-refractivity contribution is 6.36. The van der Waals surface area contributed by atoms with Gasteiger partial charge in [-0.05, 0) is 6.92 Å². The molecule has 0 unspecified atom stereocenters. The number of carboxylic acid groups (broad SMARTS) is 1. The third kappa shape index (κ3) is 5.66. The molecule has 2 N–H and O–H groups in total. The summed E-state index contributed by atoms with van der Waals surface area (Å²) < 4.78 is 4.63. The second-order valence-electron chi connectivity index (χ2n) is 3.10. The van der Waals surface area contributed by atoms with Crippen molar-refractivity contribution in [1.29, 1.82) is 0 Å². The molecule has 86 valence electrons. The minimum absolute atomic E-state index is 0.0145.